The average Bonchev–Trinajstić information content (AvgIpc) is 2.69. The minimum atomic E-state index is -0.131. The molecule has 1 saturated heterocycles. The first kappa shape index (κ1) is 17.3. The molecule has 3 rings (SSSR count). The van der Waals surface area contributed by atoms with Gasteiger partial charge in [0.1, 0.15) is 11.4 Å². The molecule has 1 aromatic heterocycles. The zero-order chi connectivity index (χ0) is 17.5. The molecule has 25 heavy (non-hydrogen) atoms. The summed E-state index contributed by atoms with van der Waals surface area (Å²) in [7, 11) is 1.65. The van der Waals surface area contributed by atoms with Gasteiger partial charge in [0.05, 0.1) is 19.0 Å². The highest BCUT2D eigenvalue weighted by atomic mass is 16.5. The van der Waals surface area contributed by atoms with Crippen molar-refractivity contribution < 1.29 is 9.53 Å². The van der Waals surface area contributed by atoms with E-state index < -0.39 is 0 Å². The van der Waals surface area contributed by atoms with Crippen LogP contribution in [0.15, 0.2) is 42.6 Å². The smallest absolute Gasteiger partial charge is 0.269 e. The van der Waals surface area contributed by atoms with Crippen LogP contribution in [-0.2, 0) is 6.42 Å². The fourth-order valence-electron chi connectivity index (χ4n) is 3.10. The molecule has 2 heterocycles. The Morgan fingerprint density at radius 1 is 1.20 bits per heavy atom. The quantitative estimate of drug-likeness (QED) is 0.879. The molecule has 1 fully saturated rings. The van der Waals surface area contributed by atoms with E-state index in [4.69, 9.17) is 4.74 Å². The van der Waals surface area contributed by atoms with E-state index in [9.17, 15) is 4.79 Å². The van der Waals surface area contributed by atoms with Crippen molar-refractivity contribution in [2.45, 2.75) is 25.7 Å². The van der Waals surface area contributed by atoms with E-state index in [1.165, 1.54) is 19.3 Å². The van der Waals surface area contributed by atoms with Crippen LogP contribution in [0.3, 0.4) is 0 Å². The molecule has 132 valence electrons. The molecule has 0 bridgehead atoms. The highest BCUT2D eigenvalue weighted by Gasteiger charge is 2.12. The molecule has 1 N–H and O–H groups in total. The van der Waals surface area contributed by atoms with Crippen molar-refractivity contribution in [2.75, 3.05) is 31.6 Å². The second-order valence-electron chi connectivity index (χ2n) is 6.31. The summed E-state index contributed by atoms with van der Waals surface area (Å²) in [6, 6.07) is 11.7. The first-order valence-corrected chi connectivity index (χ1v) is 8.88. The molecule has 5 nitrogen and oxygen atoms in total. The number of amides is 1. The number of piperidine rings is 1. The molecule has 0 unspecified atom stereocenters. The molecule has 0 radical (unpaired) electrons. The van der Waals surface area contributed by atoms with Gasteiger partial charge in [-0.25, -0.2) is 4.98 Å². The highest BCUT2D eigenvalue weighted by Crippen LogP contribution is 2.18. The largest absolute Gasteiger partial charge is 0.497 e. The van der Waals surface area contributed by atoms with Crippen molar-refractivity contribution >= 4 is 11.6 Å². The van der Waals surface area contributed by atoms with E-state index in [0.29, 0.717) is 12.2 Å². The van der Waals surface area contributed by atoms with E-state index in [1.807, 2.05) is 42.6 Å². The average molecular weight is 339 g/mol. The molecule has 0 saturated carbocycles. The van der Waals surface area contributed by atoms with Gasteiger partial charge in [-0.1, -0.05) is 12.1 Å². The van der Waals surface area contributed by atoms with Gasteiger partial charge in [-0.3, -0.25) is 4.79 Å². The summed E-state index contributed by atoms with van der Waals surface area (Å²) < 4.78 is 5.21. The Hall–Kier alpha value is -2.56. The Balaban J connectivity index is 1.50. The Morgan fingerprint density at radius 3 is 2.76 bits per heavy atom. The predicted octanol–water partition coefficient (Wildman–Crippen LogP) is 3.05. The number of hydrogen-bond donors (Lipinski definition) is 1. The van der Waals surface area contributed by atoms with Crippen molar-refractivity contribution in [1.82, 2.24) is 10.3 Å². The Labute approximate surface area is 149 Å². The first-order valence-electron chi connectivity index (χ1n) is 8.88. The zero-order valence-electron chi connectivity index (χ0n) is 14.7. The monoisotopic (exact) mass is 339 g/mol. The Bertz CT molecular complexity index is 694. The molecular weight excluding hydrogens is 314 g/mol. The maximum Gasteiger partial charge on any atom is 0.269 e. The number of ether oxygens (including phenoxy) is 1. The van der Waals surface area contributed by atoms with Gasteiger partial charge in [-0.05, 0) is 55.5 Å². The van der Waals surface area contributed by atoms with Gasteiger partial charge in [0.15, 0.2) is 0 Å². The van der Waals surface area contributed by atoms with Gasteiger partial charge in [-0.15, -0.1) is 0 Å². The van der Waals surface area contributed by atoms with Crippen LogP contribution in [0, 0.1) is 0 Å². The second-order valence-corrected chi connectivity index (χ2v) is 6.31. The van der Waals surface area contributed by atoms with Crippen molar-refractivity contribution in [2.24, 2.45) is 0 Å². The SMILES string of the molecule is COc1cccc(CCNC(=O)c2ccc(N3CCCCC3)cn2)c1. The maximum absolute atomic E-state index is 12.2. The molecule has 5 heteroatoms. The summed E-state index contributed by atoms with van der Waals surface area (Å²) in [5.41, 5.74) is 2.70. The maximum atomic E-state index is 12.2. The topological polar surface area (TPSA) is 54.5 Å². The third-order valence-electron chi connectivity index (χ3n) is 4.54. The predicted molar refractivity (Wildman–Crippen MR) is 99.3 cm³/mol. The molecule has 1 amide bonds. The van der Waals surface area contributed by atoms with E-state index in [0.717, 1.165) is 36.5 Å². The van der Waals surface area contributed by atoms with Crippen LogP contribution >= 0.6 is 0 Å². The highest BCUT2D eigenvalue weighted by molar-refractivity contribution is 5.92. The van der Waals surface area contributed by atoms with E-state index in [2.05, 4.69) is 15.2 Å². The lowest BCUT2D eigenvalue weighted by atomic mass is 10.1. The molecule has 1 aliphatic rings. The molecule has 0 aliphatic carbocycles. The molecular formula is C20H25N3O2. The van der Waals surface area contributed by atoms with Gasteiger partial charge in [-0.2, -0.15) is 0 Å². The number of pyridine rings is 1. The summed E-state index contributed by atoms with van der Waals surface area (Å²) in [5.74, 6) is 0.701. The summed E-state index contributed by atoms with van der Waals surface area (Å²) in [6.45, 7) is 2.73. The number of benzene rings is 1. The van der Waals surface area contributed by atoms with Gasteiger partial charge < -0.3 is 15.0 Å². The number of methoxy groups -OCH3 is 1. The van der Waals surface area contributed by atoms with Crippen LogP contribution in [0.25, 0.3) is 0 Å². The lowest BCUT2D eigenvalue weighted by molar-refractivity contribution is 0.0949. The van der Waals surface area contributed by atoms with Crippen LogP contribution in [-0.4, -0.2) is 37.6 Å². The number of aromatic nitrogens is 1. The fourth-order valence-corrected chi connectivity index (χ4v) is 3.10. The Kier molecular flexibility index (Phi) is 5.88. The van der Waals surface area contributed by atoms with E-state index in [1.54, 1.807) is 7.11 Å². The Morgan fingerprint density at radius 2 is 2.04 bits per heavy atom. The number of anilines is 1. The third kappa shape index (κ3) is 4.72. The zero-order valence-corrected chi connectivity index (χ0v) is 14.7. The van der Waals surface area contributed by atoms with Crippen LogP contribution in [0.2, 0.25) is 0 Å². The van der Waals surface area contributed by atoms with Crippen molar-refractivity contribution in [3.05, 3.63) is 53.9 Å². The number of carbonyl (C=O) groups is 1. The van der Waals surface area contributed by atoms with Gasteiger partial charge >= 0.3 is 0 Å². The van der Waals surface area contributed by atoms with Crippen molar-refractivity contribution in [1.29, 1.82) is 0 Å². The lowest BCUT2D eigenvalue weighted by Gasteiger charge is -2.28. The molecule has 2 aromatic rings. The fraction of sp³-hybridized carbons (Fsp3) is 0.400. The number of nitrogens with zero attached hydrogens (tertiary/aromatic N) is 2. The van der Waals surface area contributed by atoms with Crippen molar-refractivity contribution in [3.63, 3.8) is 0 Å². The number of hydrogen-bond acceptors (Lipinski definition) is 4. The minimum Gasteiger partial charge on any atom is -0.497 e. The van der Waals surface area contributed by atoms with Crippen LogP contribution in [0.1, 0.15) is 35.3 Å². The van der Waals surface area contributed by atoms with Gasteiger partial charge in [0.2, 0.25) is 0 Å². The number of nitrogens with one attached hydrogen (secondary N) is 1. The van der Waals surface area contributed by atoms with Gasteiger partial charge in [0.25, 0.3) is 5.91 Å². The number of rotatable bonds is 6. The van der Waals surface area contributed by atoms with E-state index >= 15 is 0 Å². The van der Waals surface area contributed by atoms with Crippen molar-refractivity contribution in [3.8, 4) is 5.75 Å². The third-order valence-corrected chi connectivity index (χ3v) is 4.54. The number of carbonyl (C=O) groups excluding carboxylic acids is 1. The minimum absolute atomic E-state index is 0.131. The summed E-state index contributed by atoms with van der Waals surface area (Å²) in [6.07, 6.45) is 6.33. The standard InChI is InChI=1S/C20H25N3O2/c1-25-18-7-5-6-16(14-18)10-11-21-20(24)19-9-8-17(15-22-19)23-12-3-2-4-13-23/h5-9,14-15H,2-4,10-13H2,1H3,(H,21,24). The molecule has 1 aromatic carbocycles. The summed E-state index contributed by atoms with van der Waals surface area (Å²) in [5, 5.41) is 2.93. The lowest BCUT2D eigenvalue weighted by Crippen LogP contribution is -2.30. The van der Waals surface area contributed by atoms with Crippen LogP contribution in [0.5, 0.6) is 5.75 Å². The summed E-state index contributed by atoms with van der Waals surface area (Å²) in [4.78, 5) is 18.9. The normalized spacial score (nSPS) is 14.2. The second kappa shape index (κ2) is 8.51. The van der Waals surface area contributed by atoms with Gasteiger partial charge in [0, 0.05) is 19.6 Å². The van der Waals surface area contributed by atoms with Crippen LogP contribution in [0.4, 0.5) is 5.69 Å². The molecule has 1 aliphatic heterocycles. The molecule has 0 atom stereocenters. The van der Waals surface area contributed by atoms with Crippen LogP contribution < -0.4 is 15.0 Å². The first-order chi connectivity index (χ1) is 12.3. The molecule has 0 spiro atoms. The van der Waals surface area contributed by atoms with E-state index in [-0.39, 0.29) is 5.91 Å². The summed E-state index contributed by atoms with van der Waals surface area (Å²) >= 11 is 0.